The summed E-state index contributed by atoms with van der Waals surface area (Å²) in [7, 11) is 0. The maximum absolute atomic E-state index is 9.09. The molecule has 0 unspecified atom stereocenters. The van der Waals surface area contributed by atoms with E-state index >= 15 is 0 Å². The number of hydrogen-bond donors (Lipinski definition) is 0. The first kappa shape index (κ1) is 18.1. The number of rotatable bonds is 6. The first-order chi connectivity index (χ1) is 12.8. The van der Waals surface area contributed by atoms with Crippen LogP contribution in [0, 0.1) is 11.3 Å². The number of benzene rings is 3. The SMILES string of the molecule is N#Cc1ccccc1CO/N=C/c1ccccc1Sc1ccc(Cl)cc1. The van der Waals surface area contributed by atoms with Gasteiger partial charge in [-0.1, -0.05) is 64.9 Å². The maximum Gasteiger partial charge on any atom is 0.143 e. The topological polar surface area (TPSA) is 45.4 Å². The molecule has 0 radical (unpaired) electrons. The number of nitriles is 1. The Morgan fingerprint density at radius 1 is 1.00 bits per heavy atom. The molecule has 0 spiro atoms. The highest BCUT2D eigenvalue weighted by Gasteiger charge is 2.03. The molecule has 0 N–H and O–H groups in total. The molecule has 3 aromatic carbocycles. The van der Waals surface area contributed by atoms with Gasteiger partial charge in [-0.3, -0.25) is 0 Å². The molecule has 3 aromatic rings. The van der Waals surface area contributed by atoms with Crippen LogP contribution in [-0.2, 0) is 11.4 Å². The molecule has 0 atom stereocenters. The summed E-state index contributed by atoms with van der Waals surface area (Å²) >= 11 is 7.57. The highest BCUT2D eigenvalue weighted by Crippen LogP contribution is 2.30. The molecule has 128 valence electrons. The lowest BCUT2D eigenvalue weighted by Crippen LogP contribution is -1.92. The number of halogens is 1. The van der Waals surface area contributed by atoms with Gasteiger partial charge >= 0.3 is 0 Å². The Bertz CT molecular complexity index is 949. The van der Waals surface area contributed by atoms with E-state index in [1.165, 1.54) is 0 Å². The zero-order valence-electron chi connectivity index (χ0n) is 13.8. The third kappa shape index (κ3) is 4.89. The second kappa shape index (κ2) is 9.10. The summed E-state index contributed by atoms with van der Waals surface area (Å²) in [6.07, 6.45) is 1.69. The Hall–Kier alpha value is -2.74. The minimum absolute atomic E-state index is 0.257. The van der Waals surface area contributed by atoms with Crippen LogP contribution in [0.25, 0.3) is 0 Å². The molecule has 0 aliphatic heterocycles. The summed E-state index contributed by atoms with van der Waals surface area (Å²) in [5.74, 6) is 0. The Balaban J connectivity index is 1.67. The highest BCUT2D eigenvalue weighted by atomic mass is 35.5. The van der Waals surface area contributed by atoms with Crippen molar-refractivity contribution < 1.29 is 4.84 Å². The number of hydrogen-bond acceptors (Lipinski definition) is 4. The Morgan fingerprint density at radius 3 is 2.54 bits per heavy atom. The molecule has 5 heteroatoms. The third-order valence-corrected chi connectivity index (χ3v) is 4.94. The quantitative estimate of drug-likeness (QED) is 0.395. The van der Waals surface area contributed by atoms with Crippen molar-refractivity contribution in [2.45, 2.75) is 16.4 Å². The maximum atomic E-state index is 9.09. The summed E-state index contributed by atoms with van der Waals surface area (Å²) in [4.78, 5) is 7.54. The molecule has 0 saturated carbocycles. The van der Waals surface area contributed by atoms with Crippen LogP contribution in [0.1, 0.15) is 16.7 Å². The van der Waals surface area contributed by atoms with Gasteiger partial charge in [0.25, 0.3) is 0 Å². The zero-order chi connectivity index (χ0) is 18.2. The molecule has 3 rings (SSSR count). The normalized spacial score (nSPS) is 10.6. The van der Waals surface area contributed by atoms with Gasteiger partial charge in [0, 0.05) is 25.9 Å². The van der Waals surface area contributed by atoms with Crippen LogP contribution >= 0.6 is 23.4 Å². The van der Waals surface area contributed by atoms with Crippen LogP contribution < -0.4 is 0 Å². The van der Waals surface area contributed by atoms with Crippen molar-refractivity contribution in [1.82, 2.24) is 0 Å². The smallest absolute Gasteiger partial charge is 0.143 e. The molecule has 0 aliphatic carbocycles. The van der Waals surface area contributed by atoms with Crippen LogP contribution in [0.5, 0.6) is 0 Å². The summed E-state index contributed by atoms with van der Waals surface area (Å²) in [6.45, 7) is 0.257. The Labute approximate surface area is 161 Å². The van der Waals surface area contributed by atoms with Crippen molar-refractivity contribution in [2.75, 3.05) is 0 Å². The monoisotopic (exact) mass is 378 g/mol. The van der Waals surface area contributed by atoms with Gasteiger partial charge in [0.15, 0.2) is 0 Å². The van der Waals surface area contributed by atoms with Crippen LogP contribution in [0.2, 0.25) is 5.02 Å². The number of nitrogens with zero attached hydrogens (tertiary/aromatic N) is 2. The minimum Gasteiger partial charge on any atom is -0.391 e. The molecule has 0 bridgehead atoms. The first-order valence-electron chi connectivity index (χ1n) is 7.92. The average Bonchev–Trinajstić information content (AvgIpc) is 2.68. The second-order valence-electron chi connectivity index (χ2n) is 5.37. The van der Waals surface area contributed by atoms with E-state index in [-0.39, 0.29) is 6.61 Å². The fourth-order valence-electron chi connectivity index (χ4n) is 2.27. The Morgan fingerprint density at radius 2 is 1.73 bits per heavy atom. The lowest BCUT2D eigenvalue weighted by Gasteiger charge is -2.06. The van der Waals surface area contributed by atoms with Crippen LogP contribution in [0.15, 0.2) is 87.7 Å². The van der Waals surface area contributed by atoms with Gasteiger partial charge in [0.2, 0.25) is 0 Å². The van der Waals surface area contributed by atoms with Crippen molar-refractivity contribution in [1.29, 1.82) is 5.26 Å². The Kier molecular flexibility index (Phi) is 6.32. The van der Waals surface area contributed by atoms with E-state index in [0.29, 0.717) is 5.56 Å². The second-order valence-corrected chi connectivity index (χ2v) is 6.92. The molecule has 0 saturated heterocycles. The molecular formula is C21H15ClN2OS. The van der Waals surface area contributed by atoms with Gasteiger partial charge in [-0.2, -0.15) is 5.26 Å². The summed E-state index contributed by atoms with van der Waals surface area (Å²) in [5.41, 5.74) is 2.37. The molecule has 26 heavy (non-hydrogen) atoms. The van der Waals surface area contributed by atoms with Crippen molar-refractivity contribution in [3.63, 3.8) is 0 Å². The van der Waals surface area contributed by atoms with E-state index in [4.69, 9.17) is 21.7 Å². The largest absolute Gasteiger partial charge is 0.391 e. The average molecular weight is 379 g/mol. The fourth-order valence-corrected chi connectivity index (χ4v) is 3.30. The van der Waals surface area contributed by atoms with E-state index < -0.39 is 0 Å². The summed E-state index contributed by atoms with van der Waals surface area (Å²) in [5, 5.41) is 13.9. The van der Waals surface area contributed by atoms with Gasteiger partial charge in [-0.25, -0.2) is 0 Å². The van der Waals surface area contributed by atoms with Gasteiger partial charge in [-0.05, 0) is 36.4 Å². The van der Waals surface area contributed by atoms with E-state index in [0.717, 1.165) is 25.9 Å². The van der Waals surface area contributed by atoms with E-state index in [1.807, 2.05) is 66.7 Å². The number of oxime groups is 1. The van der Waals surface area contributed by atoms with Crippen molar-refractivity contribution >= 4 is 29.6 Å². The predicted molar refractivity (Wildman–Crippen MR) is 106 cm³/mol. The van der Waals surface area contributed by atoms with E-state index in [1.54, 1.807) is 24.0 Å². The molecule has 0 aliphatic rings. The predicted octanol–water partition coefficient (Wildman–Crippen LogP) is 5.91. The van der Waals surface area contributed by atoms with Crippen molar-refractivity contribution in [2.24, 2.45) is 5.16 Å². The molecule has 3 nitrogen and oxygen atoms in total. The van der Waals surface area contributed by atoms with Gasteiger partial charge < -0.3 is 4.84 Å². The standard InChI is InChI=1S/C21H15ClN2OS/c22-19-9-11-20(12-10-19)26-21-8-4-3-6-17(21)14-24-25-15-18-7-2-1-5-16(18)13-23/h1-12,14H,15H2/b24-14+. The van der Waals surface area contributed by atoms with Crippen LogP contribution in [0.3, 0.4) is 0 Å². The molecule has 0 heterocycles. The summed E-state index contributed by atoms with van der Waals surface area (Å²) < 4.78 is 0. The van der Waals surface area contributed by atoms with Crippen LogP contribution in [0.4, 0.5) is 0 Å². The molecule has 0 aromatic heterocycles. The highest BCUT2D eigenvalue weighted by molar-refractivity contribution is 7.99. The third-order valence-electron chi connectivity index (χ3n) is 3.58. The zero-order valence-corrected chi connectivity index (χ0v) is 15.4. The molecule has 0 amide bonds. The molecular weight excluding hydrogens is 364 g/mol. The van der Waals surface area contributed by atoms with Gasteiger partial charge in [0.1, 0.15) is 6.61 Å². The van der Waals surface area contributed by atoms with Gasteiger partial charge in [-0.15, -0.1) is 0 Å². The molecule has 0 fully saturated rings. The van der Waals surface area contributed by atoms with E-state index in [9.17, 15) is 0 Å². The van der Waals surface area contributed by atoms with E-state index in [2.05, 4.69) is 11.2 Å². The first-order valence-corrected chi connectivity index (χ1v) is 9.11. The van der Waals surface area contributed by atoms with Crippen molar-refractivity contribution in [3.8, 4) is 6.07 Å². The van der Waals surface area contributed by atoms with Crippen LogP contribution in [-0.4, -0.2) is 6.21 Å². The fraction of sp³-hybridized carbons (Fsp3) is 0.0476. The van der Waals surface area contributed by atoms with Crippen molar-refractivity contribution in [3.05, 3.63) is 94.5 Å². The lowest BCUT2D eigenvalue weighted by atomic mass is 10.1. The lowest BCUT2D eigenvalue weighted by molar-refractivity contribution is 0.132. The van der Waals surface area contributed by atoms with Gasteiger partial charge in [0.05, 0.1) is 17.8 Å². The minimum atomic E-state index is 0.257. The summed E-state index contributed by atoms with van der Waals surface area (Å²) in [6, 6.07) is 25.1.